The fourth-order valence-electron chi connectivity index (χ4n) is 5.24. The number of carboxylic acid groups (broad SMARTS) is 3. The Balaban J connectivity index is 2.33. The maximum atomic E-state index is 11.8. The van der Waals surface area contributed by atoms with E-state index in [0.29, 0.717) is 24.3 Å². The van der Waals surface area contributed by atoms with Crippen LogP contribution in [0.2, 0.25) is 0 Å². The molecule has 6 nitrogen and oxygen atoms in total. The lowest BCUT2D eigenvalue weighted by Gasteiger charge is -2.57. The number of carboxylic acids is 3. The maximum Gasteiger partial charge on any atom is 0.331 e. The number of fused-ring (bicyclic) bond motifs is 1. The Morgan fingerprint density at radius 2 is 1.85 bits per heavy atom. The normalized spacial score (nSPS) is 34.6. The van der Waals surface area contributed by atoms with E-state index in [2.05, 4.69) is 13.8 Å². The smallest absolute Gasteiger partial charge is 0.331 e. The van der Waals surface area contributed by atoms with Crippen LogP contribution in [0.25, 0.3) is 0 Å². The number of hydrogen-bond donors (Lipinski definition) is 3. The van der Waals surface area contributed by atoms with Crippen LogP contribution in [-0.2, 0) is 14.4 Å². The molecule has 0 spiro atoms. The summed E-state index contributed by atoms with van der Waals surface area (Å²) >= 11 is 0. The first-order valence-corrected chi connectivity index (χ1v) is 9.13. The average molecular weight is 364 g/mol. The highest BCUT2D eigenvalue weighted by molar-refractivity contribution is 5.94. The highest BCUT2D eigenvalue weighted by Gasteiger charge is 2.55. The second-order valence-electron chi connectivity index (χ2n) is 8.23. The summed E-state index contributed by atoms with van der Waals surface area (Å²) in [5.74, 6) is -2.89. The Kier molecular flexibility index (Phi) is 5.64. The molecular formula is C20H28O6. The third-order valence-electron chi connectivity index (χ3n) is 6.94. The third-order valence-corrected chi connectivity index (χ3v) is 6.94. The van der Waals surface area contributed by atoms with E-state index in [4.69, 9.17) is 5.11 Å². The first kappa shape index (κ1) is 20.2. The molecule has 0 bridgehead atoms. The average Bonchev–Trinajstić information content (AvgIpc) is 2.54. The van der Waals surface area contributed by atoms with E-state index >= 15 is 0 Å². The largest absolute Gasteiger partial charge is 0.478 e. The van der Waals surface area contributed by atoms with Crippen LogP contribution < -0.4 is 0 Å². The van der Waals surface area contributed by atoms with Crippen molar-refractivity contribution in [2.45, 2.75) is 59.3 Å². The predicted molar refractivity (Wildman–Crippen MR) is 95.6 cm³/mol. The fourth-order valence-corrected chi connectivity index (χ4v) is 5.24. The number of allylic oxidation sites excluding steroid dienone is 1. The minimum atomic E-state index is -1.26. The lowest BCUT2D eigenvalue weighted by Crippen LogP contribution is -2.51. The molecule has 0 unspecified atom stereocenters. The molecule has 2 aliphatic carbocycles. The maximum absolute atomic E-state index is 11.8. The van der Waals surface area contributed by atoms with Gasteiger partial charge in [-0.05, 0) is 55.8 Å². The van der Waals surface area contributed by atoms with Gasteiger partial charge >= 0.3 is 17.9 Å². The molecule has 4 atom stereocenters. The molecule has 0 radical (unpaired) electrons. The van der Waals surface area contributed by atoms with Crippen LogP contribution >= 0.6 is 0 Å². The van der Waals surface area contributed by atoms with E-state index in [0.717, 1.165) is 25.3 Å². The molecule has 6 heteroatoms. The highest BCUT2D eigenvalue weighted by atomic mass is 16.4. The number of hydrogen-bond acceptors (Lipinski definition) is 3. The molecule has 1 saturated carbocycles. The van der Waals surface area contributed by atoms with Gasteiger partial charge in [0.15, 0.2) is 0 Å². The molecule has 0 amide bonds. The Labute approximate surface area is 153 Å². The molecular weight excluding hydrogens is 336 g/mol. The van der Waals surface area contributed by atoms with Crippen LogP contribution in [0.4, 0.5) is 0 Å². The number of carbonyl (C=O) groups is 3. The molecule has 0 aromatic heterocycles. The van der Waals surface area contributed by atoms with Crippen molar-refractivity contribution in [3.8, 4) is 0 Å². The Morgan fingerprint density at radius 3 is 2.38 bits per heavy atom. The summed E-state index contributed by atoms with van der Waals surface area (Å²) in [6, 6.07) is 0. The van der Waals surface area contributed by atoms with Gasteiger partial charge in [-0.15, -0.1) is 0 Å². The van der Waals surface area contributed by atoms with Gasteiger partial charge in [0.05, 0.1) is 0 Å². The number of rotatable bonds is 6. The van der Waals surface area contributed by atoms with Gasteiger partial charge in [0.25, 0.3) is 0 Å². The molecule has 0 aliphatic heterocycles. The van der Waals surface area contributed by atoms with Gasteiger partial charge in [0.1, 0.15) is 0 Å². The molecule has 0 heterocycles. The summed E-state index contributed by atoms with van der Waals surface area (Å²) in [5.41, 5.74) is -0.297. The predicted octanol–water partition coefficient (Wildman–Crippen LogP) is 3.73. The summed E-state index contributed by atoms with van der Waals surface area (Å²) in [6.45, 7) is 6.27. The summed E-state index contributed by atoms with van der Waals surface area (Å²) in [6.07, 6.45) is 6.57. The molecule has 2 aliphatic rings. The molecule has 0 saturated heterocycles. The first-order valence-electron chi connectivity index (χ1n) is 9.13. The Morgan fingerprint density at radius 1 is 1.19 bits per heavy atom. The summed E-state index contributed by atoms with van der Waals surface area (Å²) in [4.78, 5) is 34.0. The molecule has 0 aromatic rings. The van der Waals surface area contributed by atoms with E-state index in [1.807, 2.05) is 13.0 Å². The van der Waals surface area contributed by atoms with Crippen molar-refractivity contribution in [2.75, 3.05) is 0 Å². The Bertz CT molecular complexity index is 676. The second kappa shape index (κ2) is 7.25. The fraction of sp³-hybridized carbons (Fsp3) is 0.650. The standard InChI is InChI=1S/C20H28O6/c1-12-7-9-20(3)14(18(25)26)5-4-6-15(20)19(12,2)10-8-13(17(23)24)11-16(21)22/h5,11-12,15H,4,6-10H2,1-3H3,(H,21,22)(H,23,24)(H,25,26)/b13-11+/t12-,15-,19+,20+/m1/s1. The van der Waals surface area contributed by atoms with Crippen molar-refractivity contribution in [3.63, 3.8) is 0 Å². The lowest BCUT2D eigenvalue weighted by atomic mass is 9.46. The van der Waals surface area contributed by atoms with Crippen molar-refractivity contribution in [1.29, 1.82) is 0 Å². The van der Waals surface area contributed by atoms with Gasteiger partial charge in [-0.3, -0.25) is 0 Å². The molecule has 144 valence electrons. The van der Waals surface area contributed by atoms with Crippen LogP contribution in [0.5, 0.6) is 0 Å². The first-order chi connectivity index (χ1) is 12.0. The van der Waals surface area contributed by atoms with Gasteiger partial charge in [-0.2, -0.15) is 0 Å². The minimum Gasteiger partial charge on any atom is -0.478 e. The minimum absolute atomic E-state index is 0.108. The van der Waals surface area contributed by atoms with Crippen molar-refractivity contribution < 1.29 is 29.7 Å². The van der Waals surface area contributed by atoms with Gasteiger partial charge in [-0.1, -0.05) is 26.8 Å². The summed E-state index contributed by atoms with van der Waals surface area (Å²) in [7, 11) is 0. The SMILES string of the molecule is C[C@@H]1CC[C@@]2(C)C(C(=O)O)=CCC[C@@H]2[C@@]1(C)CC/C(=C\C(=O)O)C(=O)O. The quantitative estimate of drug-likeness (QED) is 0.619. The van der Waals surface area contributed by atoms with Crippen molar-refractivity contribution in [1.82, 2.24) is 0 Å². The molecule has 0 aromatic carbocycles. The zero-order valence-electron chi connectivity index (χ0n) is 15.6. The highest BCUT2D eigenvalue weighted by Crippen LogP contribution is 2.62. The lowest BCUT2D eigenvalue weighted by molar-refractivity contribution is -0.137. The summed E-state index contributed by atoms with van der Waals surface area (Å²) in [5, 5.41) is 27.8. The van der Waals surface area contributed by atoms with Crippen LogP contribution in [0, 0.1) is 22.7 Å². The zero-order valence-corrected chi connectivity index (χ0v) is 15.6. The van der Waals surface area contributed by atoms with Gasteiger partial charge in [-0.25, -0.2) is 14.4 Å². The topological polar surface area (TPSA) is 112 Å². The second-order valence-corrected chi connectivity index (χ2v) is 8.23. The van der Waals surface area contributed by atoms with Gasteiger partial charge in [0.2, 0.25) is 0 Å². The van der Waals surface area contributed by atoms with Crippen LogP contribution in [0.1, 0.15) is 59.3 Å². The monoisotopic (exact) mass is 364 g/mol. The zero-order chi connectivity index (χ0) is 19.7. The van der Waals surface area contributed by atoms with Gasteiger partial charge in [0, 0.05) is 22.6 Å². The van der Waals surface area contributed by atoms with Crippen molar-refractivity contribution >= 4 is 17.9 Å². The molecule has 3 N–H and O–H groups in total. The van der Waals surface area contributed by atoms with Crippen LogP contribution in [0.15, 0.2) is 23.3 Å². The van der Waals surface area contributed by atoms with Crippen LogP contribution in [0.3, 0.4) is 0 Å². The van der Waals surface area contributed by atoms with E-state index in [-0.39, 0.29) is 23.3 Å². The van der Waals surface area contributed by atoms with Crippen molar-refractivity contribution in [3.05, 3.63) is 23.3 Å². The van der Waals surface area contributed by atoms with Crippen molar-refractivity contribution in [2.24, 2.45) is 22.7 Å². The van der Waals surface area contributed by atoms with E-state index < -0.39 is 23.3 Å². The molecule has 1 fully saturated rings. The number of aliphatic carboxylic acids is 3. The molecule has 2 rings (SSSR count). The third kappa shape index (κ3) is 3.55. The van der Waals surface area contributed by atoms with Gasteiger partial charge < -0.3 is 15.3 Å². The molecule has 26 heavy (non-hydrogen) atoms. The van der Waals surface area contributed by atoms with E-state index in [1.54, 1.807) is 0 Å². The summed E-state index contributed by atoms with van der Waals surface area (Å²) < 4.78 is 0. The van der Waals surface area contributed by atoms with Crippen LogP contribution in [-0.4, -0.2) is 33.2 Å². The van der Waals surface area contributed by atoms with E-state index in [1.165, 1.54) is 0 Å². The van der Waals surface area contributed by atoms with E-state index in [9.17, 15) is 24.6 Å². The Hall–Kier alpha value is -2.11.